The molecular formula is C17H21NO. The van der Waals surface area contributed by atoms with Crippen LogP contribution in [0.1, 0.15) is 55.1 Å². The molecule has 2 heteroatoms. The molecular weight excluding hydrogens is 234 g/mol. The van der Waals surface area contributed by atoms with Crippen LogP contribution < -0.4 is 5.32 Å². The number of amides is 1. The Balaban J connectivity index is 2.38. The summed E-state index contributed by atoms with van der Waals surface area (Å²) in [4.78, 5) is 12.0. The van der Waals surface area contributed by atoms with Gasteiger partial charge in [0, 0.05) is 12.1 Å². The van der Waals surface area contributed by atoms with Gasteiger partial charge in [0.1, 0.15) is 0 Å². The van der Waals surface area contributed by atoms with Crippen molar-refractivity contribution in [3.05, 3.63) is 46.5 Å². The van der Waals surface area contributed by atoms with Gasteiger partial charge in [-0.3, -0.25) is 4.79 Å². The first kappa shape index (κ1) is 13.6. The largest absolute Gasteiger partial charge is 0.352 e. The monoisotopic (exact) mass is 255 g/mol. The number of fused-ring (bicyclic) bond motifs is 1. The number of allylic oxidation sites excluding steroid dienone is 3. The Morgan fingerprint density at radius 1 is 1.32 bits per heavy atom. The highest BCUT2D eigenvalue weighted by Gasteiger charge is 2.12. The zero-order valence-electron chi connectivity index (χ0n) is 11.9. The number of rotatable bonds is 3. The molecule has 0 aromatic heterocycles. The van der Waals surface area contributed by atoms with E-state index in [2.05, 4.69) is 38.2 Å². The van der Waals surface area contributed by atoms with E-state index in [9.17, 15) is 4.79 Å². The van der Waals surface area contributed by atoms with Gasteiger partial charge in [-0.15, -0.1) is 0 Å². The van der Waals surface area contributed by atoms with Crippen molar-refractivity contribution in [1.82, 2.24) is 5.32 Å². The van der Waals surface area contributed by atoms with Crippen LogP contribution in [0.3, 0.4) is 0 Å². The number of hydrogen-bond acceptors (Lipinski definition) is 1. The third-order valence-electron chi connectivity index (χ3n) is 3.62. The predicted molar refractivity (Wildman–Crippen MR) is 81.0 cm³/mol. The van der Waals surface area contributed by atoms with E-state index in [4.69, 9.17) is 0 Å². The van der Waals surface area contributed by atoms with Gasteiger partial charge in [-0.1, -0.05) is 30.7 Å². The van der Waals surface area contributed by atoms with Gasteiger partial charge >= 0.3 is 0 Å². The average molecular weight is 255 g/mol. The van der Waals surface area contributed by atoms with E-state index in [0.717, 1.165) is 24.9 Å². The second-order valence-corrected chi connectivity index (χ2v) is 5.07. The fourth-order valence-corrected chi connectivity index (χ4v) is 2.25. The molecule has 0 atom stereocenters. The van der Waals surface area contributed by atoms with E-state index in [1.807, 2.05) is 18.2 Å². The van der Waals surface area contributed by atoms with E-state index in [0.29, 0.717) is 0 Å². The Labute approximate surface area is 115 Å². The lowest BCUT2D eigenvalue weighted by molar-refractivity contribution is 0.0953. The van der Waals surface area contributed by atoms with Crippen molar-refractivity contribution in [2.45, 2.75) is 33.6 Å². The first-order valence-electron chi connectivity index (χ1n) is 6.89. The zero-order chi connectivity index (χ0) is 13.8. The maximum atomic E-state index is 12.0. The summed E-state index contributed by atoms with van der Waals surface area (Å²) in [5, 5.41) is 2.92. The molecule has 1 aromatic rings. The molecule has 0 fully saturated rings. The molecule has 0 heterocycles. The van der Waals surface area contributed by atoms with Crippen molar-refractivity contribution in [2.75, 3.05) is 6.54 Å². The van der Waals surface area contributed by atoms with Crippen LogP contribution >= 0.6 is 0 Å². The summed E-state index contributed by atoms with van der Waals surface area (Å²) in [5.74, 6) is 0.0170. The van der Waals surface area contributed by atoms with Crippen molar-refractivity contribution < 1.29 is 4.79 Å². The van der Waals surface area contributed by atoms with Gasteiger partial charge in [0.25, 0.3) is 5.91 Å². The van der Waals surface area contributed by atoms with E-state index >= 15 is 0 Å². The van der Waals surface area contributed by atoms with Crippen LogP contribution in [-0.2, 0) is 0 Å². The van der Waals surface area contributed by atoms with Gasteiger partial charge in [-0.05, 0) is 55.5 Å². The van der Waals surface area contributed by atoms with Crippen molar-refractivity contribution in [3.8, 4) is 0 Å². The van der Waals surface area contributed by atoms with Gasteiger partial charge < -0.3 is 5.32 Å². The number of nitrogens with one attached hydrogen (secondary N) is 1. The molecule has 0 bridgehead atoms. The topological polar surface area (TPSA) is 29.1 Å². The summed E-state index contributed by atoms with van der Waals surface area (Å²) in [6.45, 7) is 7.06. The first-order chi connectivity index (χ1) is 9.13. The molecule has 1 N–H and O–H groups in total. The quantitative estimate of drug-likeness (QED) is 0.867. The molecule has 1 aliphatic carbocycles. The highest BCUT2D eigenvalue weighted by Crippen LogP contribution is 2.29. The van der Waals surface area contributed by atoms with Crippen molar-refractivity contribution >= 4 is 17.6 Å². The lowest BCUT2D eigenvalue weighted by Crippen LogP contribution is -2.24. The summed E-state index contributed by atoms with van der Waals surface area (Å²) < 4.78 is 0. The number of hydrogen-bond donors (Lipinski definition) is 1. The summed E-state index contributed by atoms with van der Waals surface area (Å²) in [6.07, 6.45) is 6.26. The van der Waals surface area contributed by atoms with Gasteiger partial charge in [-0.2, -0.15) is 0 Å². The molecule has 0 radical (unpaired) electrons. The second kappa shape index (κ2) is 5.87. The second-order valence-electron chi connectivity index (χ2n) is 5.07. The molecule has 2 rings (SSSR count). The number of benzene rings is 1. The molecule has 0 saturated heterocycles. The lowest BCUT2D eigenvalue weighted by atomic mass is 9.96. The van der Waals surface area contributed by atoms with Crippen molar-refractivity contribution in [2.24, 2.45) is 0 Å². The number of carbonyl (C=O) groups is 1. The predicted octanol–water partition coefficient (Wildman–Crippen LogP) is 4.04. The standard InChI is InChI=1S/C17H21NO/c1-4-10-18-17(19)15-9-8-14-7-5-6-12(2)13(3)16(14)11-15/h5,7-9,11H,4,6,10H2,1-3H3,(H,18,19). The molecule has 19 heavy (non-hydrogen) atoms. The fourth-order valence-electron chi connectivity index (χ4n) is 2.25. The third kappa shape index (κ3) is 2.95. The smallest absolute Gasteiger partial charge is 0.251 e. The van der Waals surface area contributed by atoms with Crippen LogP contribution in [0, 0.1) is 0 Å². The maximum absolute atomic E-state index is 12.0. The van der Waals surface area contributed by atoms with E-state index < -0.39 is 0 Å². The summed E-state index contributed by atoms with van der Waals surface area (Å²) in [5.41, 5.74) is 5.76. The molecule has 100 valence electrons. The third-order valence-corrected chi connectivity index (χ3v) is 3.62. The molecule has 0 unspecified atom stereocenters. The molecule has 2 nitrogen and oxygen atoms in total. The highest BCUT2D eigenvalue weighted by atomic mass is 16.1. The SMILES string of the molecule is CCCNC(=O)c1ccc2c(c1)C(C)=C(C)CC=C2. The van der Waals surface area contributed by atoms with Crippen LogP contribution in [0.25, 0.3) is 11.6 Å². The Bertz CT molecular complexity index is 552. The average Bonchev–Trinajstić information content (AvgIpc) is 2.56. The van der Waals surface area contributed by atoms with Gasteiger partial charge in [-0.25, -0.2) is 0 Å². The minimum Gasteiger partial charge on any atom is -0.352 e. The van der Waals surface area contributed by atoms with Crippen molar-refractivity contribution in [3.63, 3.8) is 0 Å². The molecule has 0 spiro atoms. The first-order valence-corrected chi connectivity index (χ1v) is 6.89. The summed E-state index contributed by atoms with van der Waals surface area (Å²) >= 11 is 0. The summed E-state index contributed by atoms with van der Waals surface area (Å²) in [6, 6.07) is 5.95. The van der Waals surface area contributed by atoms with Crippen LogP contribution in [0.15, 0.2) is 29.8 Å². The van der Waals surface area contributed by atoms with Gasteiger partial charge in [0.15, 0.2) is 0 Å². The summed E-state index contributed by atoms with van der Waals surface area (Å²) in [7, 11) is 0. The minimum atomic E-state index is 0.0170. The molecule has 0 aliphatic heterocycles. The van der Waals surface area contributed by atoms with E-state index in [-0.39, 0.29) is 5.91 Å². The van der Waals surface area contributed by atoms with E-state index in [1.54, 1.807) is 0 Å². The van der Waals surface area contributed by atoms with Gasteiger partial charge in [0.2, 0.25) is 0 Å². The fraction of sp³-hybridized carbons (Fsp3) is 0.353. The molecule has 1 aromatic carbocycles. The molecule has 1 amide bonds. The Morgan fingerprint density at radius 2 is 2.11 bits per heavy atom. The molecule has 1 aliphatic rings. The molecule has 0 saturated carbocycles. The van der Waals surface area contributed by atoms with E-state index in [1.165, 1.54) is 22.3 Å². The van der Waals surface area contributed by atoms with Crippen LogP contribution in [0.2, 0.25) is 0 Å². The maximum Gasteiger partial charge on any atom is 0.251 e. The minimum absolute atomic E-state index is 0.0170. The Kier molecular flexibility index (Phi) is 4.20. The normalized spacial score (nSPS) is 14.1. The Morgan fingerprint density at radius 3 is 2.84 bits per heavy atom. The van der Waals surface area contributed by atoms with Crippen LogP contribution in [0.5, 0.6) is 0 Å². The van der Waals surface area contributed by atoms with Gasteiger partial charge in [0.05, 0.1) is 0 Å². The van der Waals surface area contributed by atoms with Crippen LogP contribution in [-0.4, -0.2) is 12.5 Å². The Hall–Kier alpha value is -1.83. The number of carbonyl (C=O) groups excluding carboxylic acids is 1. The lowest BCUT2D eigenvalue weighted by Gasteiger charge is -2.11. The highest BCUT2D eigenvalue weighted by molar-refractivity contribution is 5.96. The van der Waals surface area contributed by atoms with Crippen molar-refractivity contribution in [1.29, 1.82) is 0 Å². The van der Waals surface area contributed by atoms with Crippen LogP contribution in [0.4, 0.5) is 0 Å². The zero-order valence-corrected chi connectivity index (χ0v) is 11.9.